The number of benzene rings is 1. The zero-order valence-electron chi connectivity index (χ0n) is 13.7. The van der Waals surface area contributed by atoms with Crippen molar-refractivity contribution in [2.45, 2.75) is 49.8 Å². The van der Waals surface area contributed by atoms with Gasteiger partial charge in [-0.15, -0.1) is 0 Å². The summed E-state index contributed by atoms with van der Waals surface area (Å²) in [6, 6.07) is 8.07. The highest BCUT2D eigenvalue weighted by molar-refractivity contribution is 7.91. The lowest BCUT2D eigenvalue weighted by Gasteiger charge is -2.32. The third-order valence-corrected chi connectivity index (χ3v) is 6.27. The van der Waals surface area contributed by atoms with Crippen LogP contribution in [0, 0.1) is 0 Å². The van der Waals surface area contributed by atoms with Gasteiger partial charge in [-0.1, -0.05) is 38.0 Å². The van der Waals surface area contributed by atoms with Crippen LogP contribution in [0.5, 0.6) is 5.75 Å². The van der Waals surface area contributed by atoms with Gasteiger partial charge in [0.2, 0.25) is 0 Å². The van der Waals surface area contributed by atoms with Crippen LogP contribution in [0.2, 0.25) is 0 Å². The Morgan fingerprint density at radius 2 is 1.95 bits per heavy atom. The number of sulfone groups is 1. The van der Waals surface area contributed by atoms with Gasteiger partial charge in [0, 0.05) is 18.8 Å². The van der Waals surface area contributed by atoms with E-state index in [1.807, 2.05) is 18.2 Å². The van der Waals surface area contributed by atoms with Gasteiger partial charge in [-0.2, -0.15) is 0 Å². The number of methoxy groups -OCH3 is 1. The van der Waals surface area contributed by atoms with Crippen molar-refractivity contribution in [1.82, 2.24) is 5.32 Å². The van der Waals surface area contributed by atoms with E-state index in [0.29, 0.717) is 0 Å². The highest BCUT2D eigenvalue weighted by atomic mass is 32.2. The van der Waals surface area contributed by atoms with E-state index in [-0.39, 0.29) is 17.2 Å². The topological polar surface area (TPSA) is 55.4 Å². The average Bonchev–Trinajstić information content (AvgIpc) is 2.52. The number of nitrogens with one attached hydrogen (secondary N) is 1. The van der Waals surface area contributed by atoms with Gasteiger partial charge in [0.05, 0.1) is 12.4 Å². The molecule has 22 heavy (non-hydrogen) atoms. The Morgan fingerprint density at radius 1 is 1.27 bits per heavy atom. The Bertz CT molecular complexity index is 585. The standard InChI is InChI=1S/C17H27NO3S/c1-13(14-8-4-6-10-16(14)21-2)12-18-15-9-5-7-11-17(15)22(3,19)20/h4,6,8,10,13,15,17-18H,5,7,9,11-12H2,1-3H3. The Kier molecular flexibility index (Phi) is 5.87. The summed E-state index contributed by atoms with van der Waals surface area (Å²) in [5, 5.41) is 3.25. The number of hydrogen-bond acceptors (Lipinski definition) is 4. The average molecular weight is 325 g/mol. The fraction of sp³-hybridized carbons (Fsp3) is 0.647. The molecule has 0 bridgehead atoms. The van der Waals surface area contributed by atoms with Crippen molar-refractivity contribution >= 4 is 9.84 Å². The van der Waals surface area contributed by atoms with Gasteiger partial charge in [0.1, 0.15) is 5.75 Å². The first kappa shape index (κ1) is 17.3. The predicted octanol–water partition coefficient (Wildman–Crippen LogP) is 2.74. The largest absolute Gasteiger partial charge is 0.496 e. The normalized spacial score (nSPS) is 24.0. The maximum atomic E-state index is 12.0. The highest BCUT2D eigenvalue weighted by Gasteiger charge is 2.32. The second kappa shape index (κ2) is 7.47. The molecule has 4 nitrogen and oxygen atoms in total. The van der Waals surface area contributed by atoms with E-state index in [9.17, 15) is 8.42 Å². The van der Waals surface area contributed by atoms with E-state index in [4.69, 9.17) is 4.74 Å². The van der Waals surface area contributed by atoms with Crippen LogP contribution in [0.15, 0.2) is 24.3 Å². The molecule has 0 saturated heterocycles. The first-order chi connectivity index (χ1) is 10.4. The molecule has 5 heteroatoms. The number of ether oxygens (including phenoxy) is 1. The molecule has 1 fully saturated rings. The molecule has 1 N–H and O–H groups in total. The Balaban J connectivity index is 2.01. The minimum absolute atomic E-state index is 0.0703. The van der Waals surface area contributed by atoms with Crippen molar-refractivity contribution in [3.8, 4) is 5.75 Å². The minimum Gasteiger partial charge on any atom is -0.496 e. The summed E-state index contributed by atoms with van der Waals surface area (Å²) in [6.45, 7) is 2.90. The lowest BCUT2D eigenvalue weighted by Crippen LogP contribution is -2.47. The fourth-order valence-corrected chi connectivity index (χ4v) is 4.78. The minimum atomic E-state index is -2.99. The van der Waals surface area contributed by atoms with Crippen LogP contribution < -0.4 is 10.1 Å². The van der Waals surface area contributed by atoms with Crippen molar-refractivity contribution in [2.24, 2.45) is 0 Å². The molecular formula is C17H27NO3S. The summed E-state index contributed by atoms with van der Waals surface area (Å²) >= 11 is 0. The van der Waals surface area contributed by atoms with Crippen LogP contribution >= 0.6 is 0 Å². The van der Waals surface area contributed by atoms with E-state index in [1.165, 1.54) is 6.26 Å². The Hall–Kier alpha value is -1.07. The molecule has 2 rings (SSSR count). The lowest BCUT2D eigenvalue weighted by atomic mass is 9.93. The zero-order valence-corrected chi connectivity index (χ0v) is 14.5. The van der Waals surface area contributed by atoms with Crippen LogP contribution in [-0.2, 0) is 9.84 Å². The van der Waals surface area contributed by atoms with Gasteiger partial charge >= 0.3 is 0 Å². The second-order valence-electron chi connectivity index (χ2n) is 6.31. The third-order valence-electron chi connectivity index (χ3n) is 4.61. The fourth-order valence-electron chi connectivity index (χ4n) is 3.35. The van der Waals surface area contributed by atoms with Gasteiger partial charge in [0.25, 0.3) is 0 Å². The summed E-state index contributed by atoms with van der Waals surface area (Å²) < 4.78 is 29.3. The van der Waals surface area contributed by atoms with E-state index >= 15 is 0 Å². The third kappa shape index (κ3) is 4.23. The predicted molar refractivity (Wildman–Crippen MR) is 90.3 cm³/mol. The molecule has 1 aromatic rings. The highest BCUT2D eigenvalue weighted by Crippen LogP contribution is 2.27. The lowest BCUT2D eigenvalue weighted by molar-refractivity contribution is 0.362. The zero-order chi connectivity index (χ0) is 16.2. The number of para-hydroxylation sites is 1. The van der Waals surface area contributed by atoms with Crippen molar-refractivity contribution < 1.29 is 13.2 Å². The molecule has 1 aliphatic carbocycles. The maximum absolute atomic E-state index is 12.0. The summed E-state index contributed by atoms with van der Waals surface area (Å²) in [7, 11) is -1.31. The molecule has 0 heterocycles. The van der Waals surface area contributed by atoms with E-state index in [1.54, 1.807) is 7.11 Å². The summed E-state index contributed by atoms with van der Waals surface area (Å²) in [5.41, 5.74) is 1.16. The van der Waals surface area contributed by atoms with Crippen LogP contribution in [0.25, 0.3) is 0 Å². The van der Waals surface area contributed by atoms with Crippen LogP contribution in [0.1, 0.15) is 44.1 Å². The molecule has 1 aromatic carbocycles. The molecule has 1 aliphatic rings. The van der Waals surface area contributed by atoms with E-state index in [0.717, 1.165) is 43.5 Å². The quantitative estimate of drug-likeness (QED) is 0.874. The molecule has 0 radical (unpaired) electrons. The molecular weight excluding hydrogens is 298 g/mol. The molecule has 124 valence electrons. The molecule has 0 aromatic heterocycles. The molecule has 3 unspecified atom stereocenters. The van der Waals surface area contributed by atoms with E-state index in [2.05, 4.69) is 18.3 Å². The summed E-state index contributed by atoms with van der Waals surface area (Å²) in [6.07, 6.45) is 5.20. The molecule has 0 aliphatic heterocycles. The second-order valence-corrected chi connectivity index (χ2v) is 8.57. The SMILES string of the molecule is COc1ccccc1C(C)CNC1CCCCC1S(C)(=O)=O. The van der Waals surface area contributed by atoms with Crippen LogP contribution in [0.4, 0.5) is 0 Å². The van der Waals surface area contributed by atoms with Gasteiger partial charge in [-0.3, -0.25) is 0 Å². The number of rotatable bonds is 6. The molecule has 0 amide bonds. The van der Waals surface area contributed by atoms with Gasteiger partial charge in [-0.25, -0.2) is 8.42 Å². The monoisotopic (exact) mass is 325 g/mol. The Labute approximate surface area is 134 Å². The first-order valence-corrected chi connectivity index (χ1v) is 9.94. The summed E-state index contributed by atoms with van der Waals surface area (Å²) in [5.74, 6) is 1.17. The van der Waals surface area contributed by atoms with Crippen LogP contribution in [0.3, 0.4) is 0 Å². The van der Waals surface area contributed by atoms with Crippen molar-refractivity contribution in [3.05, 3.63) is 29.8 Å². The van der Waals surface area contributed by atoms with Gasteiger partial charge < -0.3 is 10.1 Å². The Morgan fingerprint density at radius 3 is 2.64 bits per heavy atom. The van der Waals surface area contributed by atoms with E-state index < -0.39 is 9.84 Å². The molecule has 1 saturated carbocycles. The molecule has 3 atom stereocenters. The molecule has 0 spiro atoms. The van der Waals surface area contributed by atoms with Gasteiger partial charge in [-0.05, 0) is 30.4 Å². The van der Waals surface area contributed by atoms with Crippen molar-refractivity contribution in [1.29, 1.82) is 0 Å². The van der Waals surface area contributed by atoms with Crippen molar-refractivity contribution in [2.75, 3.05) is 19.9 Å². The number of hydrogen-bond donors (Lipinski definition) is 1. The van der Waals surface area contributed by atoms with Gasteiger partial charge in [0.15, 0.2) is 9.84 Å². The maximum Gasteiger partial charge on any atom is 0.151 e. The van der Waals surface area contributed by atoms with Crippen LogP contribution in [-0.4, -0.2) is 39.6 Å². The van der Waals surface area contributed by atoms with Crippen molar-refractivity contribution in [3.63, 3.8) is 0 Å². The summed E-state index contributed by atoms with van der Waals surface area (Å²) in [4.78, 5) is 0. The first-order valence-electron chi connectivity index (χ1n) is 7.98. The smallest absolute Gasteiger partial charge is 0.151 e.